The molecule has 1 N–H and O–H groups in total. The van der Waals surface area contributed by atoms with Gasteiger partial charge < -0.3 is 10.1 Å². The van der Waals surface area contributed by atoms with Crippen molar-refractivity contribution in [2.75, 3.05) is 12.4 Å². The van der Waals surface area contributed by atoms with Crippen LogP contribution in [0.4, 0.5) is 10.1 Å². The zero-order valence-electron chi connectivity index (χ0n) is 8.90. The molecule has 0 aliphatic heterocycles. The number of ether oxygens (including phenoxy) is 1. The fraction of sp³-hybridized carbons (Fsp3) is 0.273. The molecule has 0 amide bonds. The third kappa shape index (κ3) is 2.96. The van der Waals surface area contributed by atoms with Crippen molar-refractivity contribution in [3.8, 4) is 5.75 Å². The molecule has 0 saturated heterocycles. The molecule has 0 heterocycles. The smallest absolute Gasteiger partial charge is 0.143 e. The molecule has 82 valence electrons. The average molecular weight is 274 g/mol. The molecule has 1 aromatic carbocycles. The lowest BCUT2D eigenvalue weighted by Gasteiger charge is -2.12. The minimum atomic E-state index is -0.317. The molecule has 0 aromatic heterocycles. The molecule has 15 heavy (non-hydrogen) atoms. The molecule has 0 fully saturated rings. The molecule has 1 rings (SSSR count). The van der Waals surface area contributed by atoms with Gasteiger partial charge in [0.25, 0.3) is 0 Å². The molecule has 0 saturated carbocycles. The Morgan fingerprint density at radius 3 is 2.73 bits per heavy atom. The summed E-state index contributed by atoms with van der Waals surface area (Å²) in [6.07, 6.45) is 1.90. The Hall–Kier alpha value is -1.03. The molecular formula is C11H13BrFNO. The molecule has 1 aromatic rings. The molecular weight excluding hydrogens is 261 g/mol. The van der Waals surface area contributed by atoms with E-state index in [2.05, 4.69) is 21.2 Å². The zero-order chi connectivity index (χ0) is 11.4. The standard InChI is InChI=1S/C11H13BrFNO/c1-4-7(2)14-10-6-9(13)8(12)5-11(10)15-3/h4-6,14H,1-3H3/b7-4+. The highest BCUT2D eigenvalue weighted by Gasteiger charge is 2.08. The first kappa shape index (κ1) is 12.0. The van der Waals surface area contributed by atoms with Crippen LogP contribution < -0.4 is 10.1 Å². The third-order valence-electron chi connectivity index (χ3n) is 2.01. The van der Waals surface area contributed by atoms with E-state index in [4.69, 9.17) is 4.74 Å². The first-order chi connectivity index (χ1) is 7.08. The van der Waals surface area contributed by atoms with Gasteiger partial charge in [-0.05, 0) is 35.8 Å². The summed E-state index contributed by atoms with van der Waals surface area (Å²) in [5.74, 6) is 0.284. The van der Waals surface area contributed by atoms with Crippen LogP contribution in [0.1, 0.15) is 13.8 Å². The van der Waals surface area contributed by atoms with Crippen molar-refractivity contribution in [3.05, 3.63) is 34.2 Å². The predicted molar refractivity (Wildman–Crippen MR) is 63.7 cm³/mol. The normalized spacial score (nSPS) is 11.4. The molecule has 0 unspecified atom stereocenters. The minimum Gasteiger partial charge on any atom is -0.495 e. The Balaban J connectivity index is 3.10. The maximum Gasteiger partial charge on any atom is 0.143 e. The van der Waals surface area contributed by atoms with Crippen molar-refractivity contribution in [3.63, 3.8) is 0 Å². The summed E-state index contributed by atoms with van der Waals surface area (Å²) < 4.78 is 18.8. The second-order valence-electron chi connectivity index (χ2n) is 3.06. The average Bonchev–Trinajstić information content (AvgIpc) is 2.22. The van der Waals surface area contributed by atoms with Crippen LogP contribution in [-0.4, -0.2) is 7.11 Å². The summed E-state index contributed by atoms with van der Waals surface area (Å²) in [6, 6.07) is 3.00. The van der Waals surface area contributed by atoms with E-state index in [-0.39, 0.29) is 5.82 Å². The lowest BCUT2D eigenvalue weighted by Crippen LogP contribution is -1.99. The Bertz CT molecular complexity index is 390. The highest BCUT2D eigenvalue weighted by molar-refractivity contribution is 9.10. The number of anilines is 1. The second kappa shape index (κ2) is 5.16. The first-order valence-corrected chi connectivity index (χ1v) is 5.30. The van der Waals surface area contributed by atoms with Gasteiger partial charge >= 0.3 is 0 Å². The molecule has 2 nitrogen and oxygen atoms in total. The van der Waals surface area contributed by atoms with E-state index in [0.29, 0.717) is 15.9 Å². The number of hydrogen-bond donors (Lipinski definition) is 1. The first-order valence-electron chi connectivity index (χ1n) is 4.51. The van der Waals surface area contributed by atoms with E-state index in [9.17, 15) is 4.39 Å². The van der Waals surface area contributed by atoms with Crippen LogP contribution in [0.3, 0.4) is 0 Å². The molecule has 0 aliphatic carbocycles. The quantitative estimate of drug-likeness (QED) is 0.901. The van der Waals surface area contributed by atoms with Crippen LogP contribution >= 0.6 is 15.9 Å². The Morgan fingerprint density at radius 1 is 1.53 bits per heavy atom. The SMILES string of the molecule is C/C=C(\C)Nc1cc(F)c(Br)cc1OC. The molecule has 4 heteroatoms. The van der Waals surface area contributed by atoms with Gasteiger partial charge in [0.1, 0.15) is 11.6 Å². The van der Waals surface area contributed by atoms with Gasteiger partial charge in [-0.3, -0.25) is 0 Å². The van der Waals surface area contributed by atoms with E-state index in [1.807, 2.05) is 19.9 Å². The van der Waals surface area contributed by atoms with Crippen LogP contribution in [-0.2, 0) is 0 Å². The fourth-order valence-electron chi connectivity index (χ4n) is 1.08. The largest absolute Gasteiger partial charge is 0.495 e. The summed E-state index contributed by atoms with van der Waals surface area (Å²) in [6.45, 7) is 3.81. The summed E-state index contributed by atoms with van der Waals surface area (Å²) in [7, 11) is 1.55. The van der Waals surface area contributed by atoms with Crippen molar-refractivity contribution in [2.24, 2.45) is 0 Å². The lowest BCUT2D eigenvalue weighted by molar-refractivity contribution is 0.415. The van der Waals surface area contributed by atoms with E-state index < -0.39 is 0 Å². The van der Waals surface area contributed by atoms with Crippen molar-refractivity contribution < 1.29 is 9.13 Å². The van der Waals surface area contributed by atoms with E-state index >= 15 is 0 Å². The van der Waals surface area contributed by atoms with Crippen LogP contribution in [0, 0.1) is 5.82 Å². The van der Waals surface area contributed by atoms with Gasteiger partial charge in [0.05, 0.1) is 17.3 Å². The molecule has 0 spiro atoms. The molecule has 0 atom stereocenters. The minimum absolute atomic E-state index is 0.317. The van der Waals surface area contributed by atoms with Crippen molar-refractivity contribution in [1.29, 1.82) is 0 Å². The number of halogens is 2. The van der Waals surface area contributed by atoms with Crippen molar-refractivity contribution in [1.82, 2.24) is 0 Å². The summed E-state index contributed by atoms with van der Waals surface area (Å²) >= 11 is 3.11. The van der Waals surface area contributed by atoms with E-state index in [1.165, 1.54) is 6.07 Å². The maximum absolute atomic E-state index is 13.3. The maximum atomic E-state index is 13.3. The van der Waals surface area contributed by atoms with Gasteiger partial charge in [0.15, 0.2) is 0 Å². The lowest BCUT2D eigenvalue weighted by atomic mass is 10.2. The van der Waals surface area contributed by atoms with Crippen LogP contribution in [0.5, 0.6) is 5.75 Å². The number of benzene rings is 1. The fourth-order valence-corrected chi connectivity index (χ4v) is 1.40. The van der Waals surface area contributed by atoms with Gasteiger partial charge in [-0.2, -0.15) is 0 Å². The summed E-state index contributed by atoms with van der Waals surface area (Å²) in [5.41, 5.74) is 1.56. The monoisotopic (exact) mass is 273 g/mol. The summed E-state index contributed by atoms with van der Waals surface area (Å²) in [5, 5.41) is 3.05. The van der Waals surface area contributed by atoms with Crippen molar-refractivity contribution in [2.45, 2.75) is 13.8 Å². The van der Waals surface area contributed by atoms with Gasteiger partial charge in [-0.1, -0.05) is 6.08 Å². The molecule has 0 aliphatic rings. The molecule has 0 radical (unpaired) electrons. The summed E-state index contributed by atoms with van der Waals surface area (Å²) in [4.78, 5) is 0. The number of nitrogens with one attached hydrogen (secondary N) is 1. The highest BCUT2D eigenvalue weighted by atomic mass is 79.9. The number of methoxy groups -OCH3 is 1. The van der Waals surface area contributed by atoms with E-state index in [1.54, 1.807) is 13.2 Å². The van der Waals surface area contributed by atoms with Gasteiger partial charge in [0, 0.05) is 11.8 Å². The van der Waals surface area contributed by atoms with Gasteiger partial charge in [-0.15, -0.1) is 0 Å². The topological polar surface area (TPSA) is 21.3 Å². The number of allylic oxidation sites excluding steroid dienone is 2. The Labute approximate surface area is 97.3 Å². The van der Waals surface area contributed by atoms with Crippen LogP contribution in [0.15, 0.2) is 28.4 Å². The van der Waals surface area contributed by atoms with E-state index in [0.717, 1.165) is 5.70 Å². The predicted octanol–water partition coefficient (Wildman–Crippen LogP) is 3.93. The zero-order valence-corrected chi connectivity index (χ0v) is 10.5. The van der Waals surface area contributed by atoms with Crippen LogP contribution in [0.2, 0.25) is 0 Å². The van der Waals surface area contributed by atoms with Crippen molar-refractivity contribution >= 4 is 21.6 Å². The van der Waals surface area contributed by atoms with Gasteiger partial charge in [-0.25, -0.2) is 4.39 Å². The van der Waals surface area contributed by atoms with Gasteiger partial charge in [0.2, 0.25) is 0 Å². The van der Waals surface area contributed by atoms with Crippen LogP contribution in [0.25, 0.3) is 0 Å². The second-order valence-corrected chi connectivity index (χ2v) is 3.92. The Morgan fingerprint density at radius 2 is 2.20 bits per heavy atom. The number of rotatable bonds is 3. The third-order valence-corrected chi connectivity index (χ3v) is 2.61. The molecule has 0 bridgehead atoms. The highest BCUT2D eigenvalue weighted by Crippen LogP contribution is 2.31. The number of hydrogen-bond acceptors (Lipinski definition) is 2. The Kier molecular flexibility index (Phi) is 4.15.